The van der Waals surface area contributed by atoms with Crippen molar-refractivity contribution in [3.63, 3.8) is 0 Å². The van der Waals surface area contributed by atoms with Crippen LogP contribution >= 0.6 is 0 Å². The first-order chi connectivity index (χ1) is 15.6. The molecule has 7 heteroatoms. The van der Waals surface area contributed by atoms with Crippen LogP contribution in [0.3, 0.4) is 0 Å². The van der Waals surface area contributed by atoms with Gasteiger partial charge >= 0.3 is 6.09 Å². The van der Waals surface area contributed by atoms with Gasteiger partial charge < -0.3 is 14.6 Å². The Labute approximate surface area is 183 Å². The molecular weight excluding hydrogens is 409 g/mol. The van der Waals surface area contributed by atoms with Gasteiger partial charge in [0.25, 0.3) is 5.91 Å². The summed E-state index contributed by atoms with van der Waals surface area (Å²) < 4.78 is 21.2. The van der Waals surface area contributed by atoms with Crippen LogP contribution in [0.15, 0.2) is 78.9 Å². The molecule has 2 heterocycles. The lowest BCUT2D eigenvalue weighted by Gasteiger charge is -2.18. The summed E-state index contributed by atoms with van der Waals surface area (Å²) in [5.74, 6) is -0.674. The number of rotatable bonds is 5. The number of anilines is 2. The molecule has 3 aromatic carbocycles. The van der Waals surface area contributed by atoms with E-state index >= 15 is 0 Å². The minimum Gasteiger partial charge on any atom is -0.447 e. The van der Waals surface area contributed by atoms with E-state index in [2.05, 4.69) is 5.32 Å². The van der Waals surface area contributed by atoms with Gasteiger partial charge in [0.1, 0.15) is 18.1 Å². The fraction of sp³-hybridized carbons (Fsp3) is 0.120. The van der Waals surface area contributed by atoms with Crippen LogP contribution in [-0.4, -0.2) is 29.7 Å². The number of carbonyl (C=O) groups excluding carboxylic acids is 2. The Balaban J connectivity index is 1.52. The van der Waals surface area contributed by atoms with E-state index in [1.54, 1.807) is 53.1 Å². The van der Waals surface area contributed by atoms with Crippen LogP contribution in [0, 0.1) is 5.82 Å². The minimum atomic E-state index is -0.444. The number of ether oxygens (including phenoxy) is 1. The van der Waals surface area contributed by atoms with Crippen molar-refractivity contribution < 1.29 is 18.7 Å². The van der Waals surface area contributed by atoms with Gasteiger partial charge in [-0.25, -0.2) is 9.18 Å². The number of benzene rings is 3. The Morgan fingerprint density at radius 2 is 1.75 bits per heavy atom. The van der Waals surface area contributed by atoms with Crippen molar-refractivity contribution in [2.24, 2.45) is 0 Å². The number of fused-ring (bicyclic) bond motifs is 1. The fourth-order valence-electron chi connectivity index (χ4n) is 3.98. The molecule has 160 valence electrons. The molecular formula is C25H20FN3O3. The van der Waals surface area contributed by atoms with E-state index in [0.29, 0.717) is 35.8 Å². The Morgan fingerprint density at radius 3 is 2.56 bits per heavy atom. The molecule has 1 aliphatic rings. The average molecular weight is 429 g/mol. The molecule has 4 aromatic rings. The highest BCUT2D eigenvalue weighted by Crippen LogP contribution is 2.29. The van der Waals surface area contributed by atoms with Gasteiger partial charge in [-0.1, -0.05) is 48.5 Å². The third-order valence-electron chi connectivity index (χ3n) is 5.53. The summed E-state index contributed by atoms with van der Waals surface area (Å²) in [6, 6.07) is 23.0. The molecule has 2 amide bonds. The molecule has 0 spiro atoms. The van der Waals surface area contributed by atoms with E-state index < -0.39 is 6.09 Å². The van der Waals surface area contributed by atoms with E-state index in [1.165, 1.54) is 11.0 Å². The van der Waals surface area contributed by atoms with E-state index in [1.807, 2.05) is 24.3 Å². The number of nitrogens with zero attached hydrogens (tertiary/aromatic N) is 2. The second-order valence-electron chi connectivity index (χ2n) is 7.50. The second kappa shape index (κ2) is 8.19. The summed E-state index contributed by atoms with van der Waals surface area (Å²) >= 11 is 0. The number of hydrogen-bond acceptors (Lipinski definition) is 3. The van der Waals surface area contributed by atoms with Gasteiger partial charge in [-0.3, -0.25) is 9.69 Å². The highest BCUT2D eigenvalue weighted by atomic mass is 19.1. The zero-order valence-corrected chi connectivity index (χ0v) is 17.1. The summed E-state index contributed by atoms with van der Waals surface area (Å²) in [5, 5.41) is 3.80. The van der Waals surface area contributed by atoms with Crippen LogP contribution in [0.25, 0.3) is 10.9 Å². The summed E-state index contributed by atoms with van der Waals surface area (Å²) in [6.07, 6.45) is -0.444. The lowest BCUT2D eigenvalue weighted by atomic mass is 10.2. The highest BCUT2D eigenvalue weighted by Gasteiger charge is 2.26. The van der Waals surface area contributed by atoms with Crippen LogP contribution in [0.4, 0.5) is 20.6 Å². The van der Waals surface area contributed by atoms with Crippen molar-refractivity contribution in [2.45, 2.75) is 6.54 Å². The summed E-state index contributed by atoms with van der Waals surface area (Å²) in [7, 11) is 0. The molecule has 5 rings (SSSR count). The topological polar surface area (TPSA) is 63.6 Å². The van der Waals surface area contributed by atoms with Gasteiger partial charge in [-0.2, -0.15) is 0 Å². The quantitative estimate of drug-likeness (QED) is 0.484. The number of aromatic nitrogens is 1. The maximum atomic E-state index is 14.4. The zero-order chi connectivity index (χ0) is 22.1. The minimum absolute atomic E-state index is 0.211. The molecule has 0 saturated carbocycles. The lowest BCUT2D eigenvalue weighted by molar-refractivity contribution is 0.101. The number of nitrogens with one attached hydrogen (secondary N) is 1. The number of cyclic esters (lactones) is 1. The average Bonchev–Trinajstić information content (AvgIpc) is 3.39. The standard InChI is InChI=1S/C25H20FN3O3/c26-19-9-3-1-8-18(19)16-29-21-11-5-2-7-17(21)15-23(29)24(30)27-20-10-4-6-12-22(20)28-13-14-32-25(28)31/h1-12,15H,13-14,16H2,(H,27,30). The van der Waals surface area contributed by atoms with Gasteiger partial charge in [-0.05, 0) is 30.3 Å². The Morgan fingerprint density at radius 1 is 1.00 bits per heavy atom. The van der Waals surface area contributed by atoms with Crippen molar-refractivity contribution in [1.82, 2.24) is 4.57 Å². The van der Waals surface area contributed by atoms with Gasteiger partial charge in [-0.15, -0.1) is 0 Å². The van der Waals surface area contributed by atoms with Gasteiger partial charge in [0.05, 0.1) is 24.5 Å². The normalized spacial score (nSPS) is 13.4. The third kappa shape index (κ3) is 3.58. The number of halogens is 1. The molecule has 32 heavy (non-hydrogen) atoms. The van der Waals surface area contributed by atoms with Crippen molar-refractivity contribution in [3.05, 3.63) is 95.9 Å². The van der Waals surface area contributed by atoms with Crippen LogP contribution in [0.2, 0.25) is 0 Å². The highest BCUT2D eigenvalue weighted by molar-refractivity contribution is 6.09. The van der Waals surface area contributed by atoms with Crippen molar-refractivity contribution in [1.29, 1.82) is 0 Å². The molecule has 1 aliphatic heterocycles. The van der Waals surface area contributed by atoms with Gasteiger partial charge in [0, 0.05) is 16.5 Å². The van der Waals surface area contributed by atoms with E-state index in [9.17, 15) is 14.0 Å². The van der Waals surface area contributed by atoms with Gasteiger partial charge in [0.15, 0.2) is 0 Å². The summed E-state index contributed by atoms with van der Waals surface area (Å²) in [5.41, 5.74) is 2.79. The fourth-order valence-corrected chi connectivity index (χ4v) is 3.98. The molecule has 1 saturated heterocycles. The Hall–Kier alpha value is -4.13. The molecule has 1 fully saturated rings. The molecule has 0 radical (unpaired) electrons. The molecule has 6 nitrogen and oxygen atoms in total. The van der Waals surface area contributed by atoms with Crippen LogP contribution in [0.5, 0.6) is 0 Å². The van der Waals surface area contributed by atoms with Crippen molar-refractivity contribution >= 4 is 34.3 Å². The summed E-state index contributed by atoms with van der Waals surface area (Å²) in [4.78, 5) is 26.9. The largest absolute Gasteiger partial charge is 0.447 e. The number of amides is 2. The van der Waals surface area contributed by atoms with Crippen molar-refractivity contribution in [3.8, 4) is 0 Å². The first-order valence-electron chi connectivity index (χ1n) is 10.3. The number of para-hydroxylation sites is 3. The third-order valence-corrected chi connectivity index (χ3v) is 5.53. The molecule has 1 aromatic heterocycles. The lowest BCUT2D eigenvalue weighted by Crippen LogP contribution is -2.26. The van der Waals surface area contributed by atoms with E-state index in [4.69, 9.17) is 4.74 Å². The molecule has 0 bridgehead atoms. The van der Waals surface area contributed by atoms with E-state index in [-0.39, 0.29) is 18.3 Å². The predicted octanol–water partition coefficient (Wildman–Crippen LogP) is 5.04. The Kier molecular flexibility index (Phi) is 5.07. The monoisotopic (exact) mass is 429 g/mol. The smallest absolute Gasteiger partial charge is 0.414 e. The SMILES string of the molecule is O=C(Nc1ccccc1N1CCOC1=O)c1cc2ccccc2n1Cc1ccccc1F. The molecule has 1 N–H and O–H groups in total. The van der Waals surface area contributed by atoms with Crippen LogP contribution in [-0.2, 0) is 11.3 Å². The molecule has 0 unspecified atom stereocenters. The maximum absolute atomic E-state index is 14.4. The predicted molar refractivity (Wildman–Crippen MR) is 121 cm³/mol. The first-order valence-corrected chi connectivity index (χ1v) is 10.3. The zero-order valence-electron chi connectivity index (χ0n) is 17.1. The first kappa shape index (κ1) is 19.8. The Bertz CT molecular complexity index is 1330. The molecule has 0 atom stereocenters. The number of hydrogen-bond donors (Lipinski definition) is 1. The molecule has 0 aliphatic carbocycles. The van der Waals surface area contributed by atoms with Crippen molar-refractivity contribution in [2.75, 3.05) is 23.4 Å². The maximum Gasteiger partial charge on any atom is 0.414 e. The van der Waals surface area contributed by atoms with Gasteiger partial charge in [0.2, 0.25) is 0 Å². The summed E-state index contributed by atoms with van der Waals surface area (Å²) in [6.45, 7) is 0.931. The number of carbonyl (C=O) groups is 2. The second-order valence-corrected chi connectivity index (χ2v) is 7.50. The van der Waals surface area contributed by atoms with Crippen LogP contribution < -0.4 is 10.2 Å². The van der Waals surface area contributed by atoms with E-state index in [0.717, 1.165) is 10.9 Å². The van der Waals surface area contributed by atoms with Crippen LogP contribution in [0.1, 0.15) is 16.1 Å².